The van der Waals surface area contributed by atoms with E-state index in [9.17, 15) is 4.79 Å². The van der Waals surface area contributed by atoms with Gasteiger partial charge < -0.3 is 9.84 Å². The van der Waals surface area contributed by atoms with Crippen LogP contribution >= 0.6 is 0 Å². The van der Waals surface area contributed by atoms with Crippen molar-refractivity contribution >= 4 is 5.97 Å². The average molecular weight is 198 g/mol. The summed E-state index contributed by atoms with van der Waals surface area (Å²) in [6.07, 6.45) is 2.77. The molecule has 0 aliphatic carbocycles. The molecular formula is C11H18O3. The molecule has 0 unspecified atom stereocenters. The van der Waals surface area contributed by atoms with Gasteiger partial charge in [-0.25, -0.2) is 4.79 Å². The maximum Gasteiger partial charge on any atom is 0.341 e. The molecule has 14 heavy (non-hydrogen) atoms. The molecular weight excluding hydrogens is 180 g/mol. The molecule has 0 aromatic carbocycles. The lowest BCUT2D eigenvalue weighted by molar-refractivity contribution is -0.140. The topological polar surface area (TPSA) is 46.5 Å². The number of allylic oxidation sites excluding steroid dienone is 3. The lowest BCUT2D eigenvalue weighted by Crippen LogP contribution is -2.08. The van der Waals surface area contributed by atoms with Gasteiger partial charge in [-0.1, -0.05) is 13.0 Å². The van der Waals surface area contributed by atoms with Crippen molar-refractivity contribution in [3.63, 3.8) is 0 Å². The molecule has 0 aromatic rings. The largest absolute Gasteiger partial charge is 0.482 e. The van der Waals surface area contributed by atoms with Crippen molar-refractivity contribution in [2.75, 3.05) is 6.61 Å². The van der Waals surface area contributed by atoms with Crippen molar-refractivity contribution in [3.05, 3.63) is 23.0 Å². The summed E-state index contributed by atoms with van der Waals surface area (Å²) in [5.74, 6) is -0.243. The molecule has 3 heteroatoms. The molecule has 3 nitrogen and oxygen atoms in total. The Hall–Kier alpha value is -1.25. The maximum absolute atomic E-state index is 10.4. The van der Waals surface area contributed by atoms with E-state index in [1.807, 2.05) is 33.8 Å². The smallest absolute Gasteiger partial charge is 0.341 e. The molecule has 1 N–H and O–H groups in total. The zero-order valence-electron chi connectivity index (χ0n) is 9.26. The summed E-state index contributed by atoms with van der Waals surface area (Å²) in [4.78, 5) is 10.4. The van der Waals surface area contributed by atoms with E-state index in [0.717, 1.165) is 17.6 Å². The van der Waals surface area contributed by atoms with Crippen LogP contribution in [0.1, 0.15) is 34.1 Å². The predicted octanol–water partition coefficient (Wildman–Crippen LogP) is 2.74. The molecule has 0 atom stereocenters. The van der Waals surface area contributed by atoms with Gasteiger partial charge in [-0.05, 0) is 38.3 Å². The highest BCUT2D eigenvalue weighted by atomic mass is 16.5. The van der Waals surface area contributed by atoms with Gasteiger partial charge in [0, 0.05) is 0 Å². The Balaban J connectivity index is 4.67. The summed E-state index contributed by atoms with van der Waals surface area (Å²) in [7, 11) is 0. The molecule has 0 aliphatic rings. The Morgan fingerprint density at radius 2 is 2.00 bits per heavy atom. The minimum atomic E-state index is -0.949. The maximum atomic E-state index is 10.4. The molecule has 0 aromatic heterocycles. The average Bonchev–Trinajstić information content (AvgIpc) is 2.16. The van der Waals surface area contributed by atoms with Crippen LogP contribution in [-0.4, -0.2) is 17.7 Å². The Bertz CT molecular complexity index is 262. The van der Waals surface area contributed by atoms with Gasteiger partial charge in [0.05, 0.1) is 0 Å². The van der Waals surface area contributed by atoms with Crippen molar-refractivity contribution in [2.45, 2.75) is 34.1 Å². The second-order valence-electron chi connectivity index (χ2n) is 3.12. The first-order valence-electron chi connectivity index (χ1n) is 4.70. The molecule has 0 saturated carbocycles. The number of ether oxygens (including phenoxy) is 1. The normalized spacial score (nSPS) is 13.6. The summed E-state index contributed by atoms with van der Waals surface area (Å²) in [6, 6.07) is 0. The number of rotatable bonds is 5. The first kappa shape index (κ1) is 12.8. The molecule has 0 spiro atoms. The fraction of sp³-hybridized carbons (Fsp3) is 0.545. The Kier molecular flexibility index (Phi) is 5.68. The van der Waals surface area contributed by atoms with Crippen molar-refractivity contribution in [2.24, 2.45) is 0 Å². The minimum Gasteiger partial charge on any atom is -0.482 e. The number of hydrogen-bond acceptors (Lipinski definition) is 2. The minimum absolute atomic E-state index is 0.280. The molecule has 0 rings (SSSR count). The second kappa shape index (κ2) is 6.24. The van der Waals surface area contributed by atoms with Crippen LogP contribution in [0.3, 0.4) is 0 Å². The van der Waals surface area contributed by atoms with E-state index in [2.05, 4.69) is 0 Å². The van der Waals surface area contributed by atoms with Crippen molar-refractivity contribution in [1.82, 2.24) is 0 Å². The monoisotopic (exact) mass is 198 g/mol. The van der Waals surface area contributed by atoms with Crippen LogP contribution < -0.4 is 0 Å². The number of carbonyl (C=O) groups is 1. The van der Waals surface area contributed by atoms with Gasteiger partial charge in [0.2, 0.25) is 0 Å². The van der Waals surface area contributed by atoms with Crippen molar-refractivity contribution < 1.29 is 14.6 Å². The number of carboxylic acid groups (broad SMARTS) is 1. The standard InChI is InChI=1S/C11H18O3/c1-5-8(3)11(9(4)6-2)14-7-10(12)13/h5H,6-7H2,1-4H3,(H,12,13)/b8-5-,11-9+. The highest BCUT2D eigenvalue weighted by Crippen LogP contribution is 2.17. The molecule has 0 bridgehead atoms. The highest BCUT2D eigenvalue weighted by Gasteiger charge is 2.07. The van der Waals surface area contributed by atoms with E-state index in [1.54, 1.807) is 0 Å². The van der Waals surface area contributed by atoms with Crippen LogP contribution in [0.2, 0.25) is 0 Å². The third kappa shape index (κ3) is 4.12. The lowest BCUT2D eigenvalue weighted by Gasteiger charge is -2.12. The SMILES string of the molecule is C/C=C(C)\C(OCC(=O)O)=C(\C)CC. The van der Waals surface area contributed by atoms with Crippen molar-refractivity contribution in [3.8, 4) is 0 Å². The van der Waals surface area contributed by atoms with Gasteiger partial charge in [-0.2, -0.15) is 0 Å². The van der Waals surface area contributed by atoms with Crippen LogP contribution in [-0.2, 0) is 9.53 Å². The van der Waals surface area contributed by atoms with Gasteiger partial charge in [0.15, 0.2) is 6.61 Å². The van der Waals surface area contributed by atoms with Gasteiger partial charge >= 0.3 is 5.97 Å². The number of carboxylic acids is 1. The quantitative estimate of drug-likeness (QED) is 0.545. The Labute approximate surface area is 85.1 Å². The van der Waals surface area contributed by atoms with Gasteiger partial charge in [0.25, 0.3) is 0 Å². The molecule has 0 aliphatic heterocycles. The summed E-state index contributed by atoms with van der Waals surface area (Å²) >= 11 is 0. The number of aliphatic carboxylic acids is 1. The Morgan fingerprint density at radius 3 is 2.36 bits per heavy atom. The first-order valence-corrected chi connectivity index (χ1v) is 4.70. The summed E-state index contributed by atoms with van der Waals surface area (Å²) in [5, 5.41) is 8.50. The van der Waals surface area contributed by atoms with Gasteiger partial charge in [-0.15, -0.1) is 0 Å². The third-order valence-corrected chi connectivity index (χ3v) is 2.05. The molecule has 0 heterocycles. The van der Waals surface area contributed by atoms with E-state index in [-0.39, 0.29) is 6.61 Å². The molecule has 80 valence electrons. The van der Waals surface area contributed by atoms with Crippen molar-refractivity contribution in [1.29, 1.82) is 0 Å². The van der Waals surface area contributed by atoms with Crippen LogP contribution in [0, 0.1) is 0 Å². The summed E-state index contributed by atoms with van der Waals surface area (Å²) < 4.78 is 5.22. The van der Waals surface area contributed by atoms with Crippen LogP contribution in [0.4, 0.5) is 0 Å². The number of hydrogen-bond donors (Lipinski definition) is 1. The van der Waals surface area contributed by atoms with Gasteiger partial charge in [-0.3, -0.25) is 0 Å². The predicted molar refractivity (Wildman–Crippen MR) is 56.0 cm³/mol. The third-order valence-electron chi connectivity index (χ3n) is 2.05. The zero-order valence-corrected chi connectivity index (χ0v) is 9.26. The zero-order chi connectivity index (χ0) is 11.1. The summed E-state index contributed by atoms with van der Waals surface area (Å²) in [5.41, 5.74) is 2.05. The molecule has 0 fully saturated rings. The van der Waals surface area contributed by atoms with E-state index in [1.165, 1.54) is 0 Å². The summed E-state index contributed by atoms with van der Waals surface area (Å²) in [6.45, 7) is 7.50. The van der Waals surface area contributed by atoms with E-state index >= 15 is 0 Å². The molecule has 0 amide bonds. The Morgan fingerprint density at radius 1 is 1.43 bits per heavy atom. The fourth-order valence-corrected chi connectivity index (χ4v) is 0.999. The van der Waals surface area contributed by atoms with Crippen LogP contribution in [0.15, 0.2) is 23.0 Å². The van der Waals surface area contributed by atoms with Gasteiger partial charge in [0.1, 0.15) is 5.76 Å². The first-order chi connectivity index (χ1) is 6.52. The van der Waals surface area contributed by atoms with Crippen LogP contribution in [0.25, 0.3) is 0 Å². The van der Waals surface area contributed by atoms with Crippen LogP contribution in [0.5, 0.6) is 0 Å². The lowest BCUT2D eigenvalue weighted by atomic mass is 10.1. The molecule has 0 saturated heterocycles. The fourth-order valence-electron chi connectivity index (χ4n) is 0.999. The highest BCUT2D eigenvalue weighted by molar-refractivity contribution is 5.68. The van der Waals surface area contributed by atoms with E-state index in [0.29, 0.717) is 5.76 Å². The second-order valence-corrected chi connectivity index (χ2v) is 3.12. The van der Waals surface area contributed by atoms with E-state index < -0.39 is 5.97 Å². The molecule has 0 radical (unpaired) electrons. The van der Waals surface area contributed by atoms with E-state index in [4.69, 9.17) is 9.84 Å².